The first-order valence-electron chi connectivity index (χ1n) is 6.71. The standard InChI is InChI=1S/C17H19N/c1-13-11-15-9-5-6-10-16(15)18-17(13)12-14-7-3-2-4-8-14/h2-10,13,17-18H,11-12H2,1H3/t13-,17-/m0/s1. The molecule has 2 aromatic carbocycles. The quantitative estimate of drug-likeness (QED) is 0.835. The van der Waals surface area contributed by atoms with Gasteiger partial charge in [0.15, 0.2) is 0 Å². The lowest BCUT2D eigenvalue weighted by Crippen LogP contribution is -2.35. The van der Waals surface area contributed by atoms with Gasteiger partial charge in [-0.25, -0.2) is 0 Å². The van der Waals surface area contributed by atoms with Crippen LogP contribution in [-0.2, 0) is 12.8 Å². The van der Waals surface area contributed by atoms with Crippen molar-refractivity contribution < 1.29 is 0 Å². The third-order valence-electron chi connectivity index (χ3n) is 3.89. The van der Waals surface area contributed by atoms with E-state index in [2.05, 4.69) is 66.8 Å². The Hall–Kier alpha value is -1.76. The molecule has 0 fully saturated rings. The highest BCUT2D eigenvalue weighted by Gasteiger charge is 2.24. The third-order valence-corrected chi connectivity index (χ3v) is 3.89. The molecule has 0 saturated heterocycles. The minimum atomic E-state index is 0.544. The van der Waals surface area contributed by atoms with Gasteiger partial charge in [0.05, 0.1) is 0 Å². The highest BCUT2D eigenvalue weighted by molar-refractivity contribution is 5.54. The van der Waals surface area contributed by atoms with Gasteiger partial charge in [-0.15, -0.1) is 0 Å². The lowest BCUT2D eigenvalue weighted by atomic mass is 9.85. The molecular formula is C17H19N. The largest absolute Gasteiger partial charge is 0.381 e. The van der Waals surface area contributed by atoms with Crippen LogP contribution in [0.25, 0.3) is 0 Å². The molecule has 0 aromatic heterocycles. The van der Waals surface area contributed by atoms with Gasteiger partial charge in [-0.05, 0) is 36.0 Å². The van der Waals surface area contributed by atoms with Crippen molar-refractivity contribution >= 4 is 5.69 Å². The average molecular weight is 237 g/mol. The Kier molecular flexibility index (Phi) is 3.06. The second kappa shape index (κ2) is 4.85. The van der Waals surface area contributed by atoms with Crippen molar-refractivity contribution in [2.24, 2.45) is 5.92 Å². The fraction of sp³-hybridized carbons (Fsp3) is 0.294. The number of rotatable bonds is 2. The van der Waals surface area contributed by atoms with E-state index in [4.69, 9.17) is 0 Å². The van der Waals surface area contributed by atoms with Gasteiger partial charge < -0.3 is 5.32 Å². The van der Waals surface area contributed by atoms with Gasteiger partial charge in [0.1, 0.15) is 0 Å². The molecule has 0 saturated carbocycles. The number of fused-ring (bicyclic) bond motifs is 1. The van der Waals surface area contributed by atoms with Gasteiger partial charge in [-0.2, -0.15) is 0 Å². The molecule has 1 heterocycles. The fourth-order valence-electron chi connectivity index (χ4n) is 2.79. The summed E-state index contributed by atoms with van der Waals surface area (Å²) in [4.78, 5) is 0. The van der Waals surface area contributed by atoms with E-state index in [1.54, 1.807) is 0 Å². The SMILES string of the molecule is C[C@H]1Cc2ccccc2N[C@H]1Cc1ccccc1. The Balaban J connectivity index is 1.79. The van der Waals surface area contributed by atoms with Crippen LogP contribution in [-0.4, -0.2) is 6.04 Å². The summed E-state index contributed by atoms with van der Waals surface area (Å²) in [6.45, 7) is 2.34. The molecule has 0 unspecified atom stereocenters. The molecular weight excluding hydrogens is 218 g/mol. The second-order valence-corrected chi connectivity index (χ2v) is 5.28. The minimum absolute atomic E-state index is 0.544. The van der Waals surface area contributed by atoms with Gasteiger partial charge in [0.25, 0.3) is 0 Å². The Labute approximate surface area is 109 Å². The van der Waals surface area contributed by atoms with Crippen molar-refractivity contribution in [2.45, 2.75) is 25.8 Å². The summed E-state index contributed by atoms with van der Waals surface area (Å²) < 4.78 is 0. The molecule has 0 radical (unpaired) electrons. The maximum Gasteiger partial charge on any atom is 0.0375 e. The highest BCUT2D eigenvalue weighted by Crippen LogP contribution is 2.29. The van der Waals surface area contributed by atoms with Gasteiger partial charge in [0, 0.05) is 11.7 Å². The molecule has 3 rings (SSSR count). The first kappa shape index (κ1) is 11.3. The molecule has 0 bridgehead atoms. The van der Waals surface area contributed by atoms with Crippen molar-refractivity contribution in [3.63, 3.8) is 0 Å². The maximum absolute atomic E-state index is 3.70. The summed E-state index contributed by atoms with van der Waals surface area (Å²) in [6.07, 6.45) is 2.29. The van der Waals surface area contributed by atoms with E-state index in [1.165, 1.54) is 23.2 Å². The van der Waals surface area contributed by atoms with Crippen LogP contribution in [0.15, 0.2) is 54.6 Å². The topological polar surface area (TPSA) is 12.0 Å². The monoisotopic (exact) mass is 237 g/mol. The summed E-state index contributed by atoms with van der Waals surface area (Å²) in [5, 5.41) is 3.70. The first-order chi connectivity index (χ1) is 8.83. The van der Waals surface area contributed by atoms with Crippen molar-refractivity contribution in [2.75, 3.05) is 5.32 Å². The van der Waals surface area contributed by atoms with E-state index in [1.807, 2.05) is 0 Å². The predicted molar refractivity (Wildman–Crippen MR) is 76.9 cm³/mol. The molecule has 0 spiro atoms. The predicted octanol–water partition coefficient (Wildman–Crippen LogP) is 3.90. The van der Waals surface area contributed by atoms with Gasteiger partial charge in [-0.1, -0.05) is 55.5 Å². The molecule has 2 atom stereocenters. The van der Waals surface area contributed by atoms with E-state index in [-0.39, 0.29) is 0 Å². The molecule has 1 aliphatic rings. The molecule has 0 amide bonds. The van der Waals surface area contributed by atoms with Crippen LogP contribution in [0.3, 0.4) is 0 Å². The number of hydrogen-bond donors (Lipinski definition) is 1. The molecule has 92 valence electrons. The van der Waals surface area contributed by atoms with E-state index in [9.17, 15) is 0 Å². The van der Waals surface area contributed by atoms with Crippen LogP contribution < -0.4 is 5.32 Å². The second-order valence-electron chi connectivity index (χ2n) is 5.28. The number of anilines is 1. The fourth-order valence-corrected chi connectivity index (χ4v) is 2.79. The zero-order valence-corrected chi connectivity index (χ0v) is 10.8. The van der Waals surface area contributed by atoms with Crippen LogP contribution in [0.1, 0.15) is 18.1 Å². The Morgan fingerprint density at radius 1 is 1.00 bits per heavy atom. The van der Waals surface area contributed by atoms with Crippen molar-refractivity contribution in [1.29, 1.82) is 0 Å². The average Bonchev–Trinajstić information content (AvgIpc) is 2.41. The van der Waals surface area contributed by atoms with E-state index >= 15 is 0 Å². The first-order valence-corrected chi connectivity index (χ1v) is 6.71. The lowest BCUT2D eigenvalue weighted by molar-refractivity contribution is 0.462. The molecule has 1 N–H and O–H groups in total. The Morgan fingerprint density at radius 3 is 2.56 bits per heavy atom. The Bertz CT molecular complexity index is 518. The van der Waals surface area contributed by atoms with Crippen molar-refractivity contribution in [1.82, 2.24) is 0 Å². The summed E-state index contributed by atoms with van der Waals surface area (Å²) in [7, 11) is 0. The number of nitrogens with one attached hydrogen (secondary N) is 1. The minimum Gasteiger partial charge on any atom is -0.381 e. The number of para-hydroxylation sites is 1. The van der Waals surface area contributed by atoms with E-state index in [0.29, 0.717) is 12.0 Å². The van der Waals surface area contributed by atoms with Gasteiger partial charge >= 0.3 is 0 Å². The summed E-state index contributed by atoms with van der Waals surface area (Å²) >= 11 is 0. The zero-order chi connectivity index (χ0) is 12.4. The van der Waals surface area contributed by atoms with Crippen LogP contribution in [0.5, 0.6) is 0 Å². The van der Waals surface area contributed by atoms with Gasteiger partial charge in [-0.3, -0.25) is 0 Å². The summed E-state index contributed by atoms with van der Waals surface area (Å²) in [5.41, 5.74) is 4.19. The molecule has 1 heteroatoms. The third kappa shape index (κ3) is 2.26. The highest BCUT2D eigenvalue weighted by atomic mass is 14.9. The Morgan fingerprint density at radius 2 is 1.72 bits per heavy atom. The van der Waals surface area contributed by atoms with Crippen LogP contribution in [0, 0.1) is 5.92 Å². The van der Waals surface area contributed by atoms with Crippen molar-refractivity contribution in [3.05, 3.63) is 65.7 Å². The maximum atomic E-state index is 3.70. The molecule has 2 aromatic rings. The molecule has 18 heavy (non-hydrogen) atoms. The zero-order valence-electron chi connectivity index (χ0n) is 10.8. The smallest absolute Gasteiger partial charge is 0.0375 e. The molecule has 0 aliphatic carbocycles. The van der Waals surface area contributed by atoms with Crippen molar-refractivity contribution in [3.8, 4) is 0 Å². The molecule has 1 nitrogen and oxygen atoms in total. The lowest BCUT2D eigenvalue weighted by Gasteiger charge is -2.32. The van der Waals surface area contributed by atoms with Crippen LogP contribution >= 0.6 is 0 Å². The van der Waals surface area contributed by atoms with Gasteiger partial charge in [0.2, 0.25) is 0 Å². The summed E-state index contributed by atoms with van der Waals surface area (Å²) in [5.74, 6) is 0.681. The van der Waals surface area contributed by atoms with E-state index in [0.717, 1.165) is 6.42 Å². The molecule has 1 aliphatic heterocycles. The number of hydrogen-bond acceptors (Lipinski definition) is 1. The van der Waals surface area contributed by atoms with Crippen LogP contribution in [0.4, 0.5) is 5.69 Å². The van der Waals surface area contributed by atoms with Crippen LogP contribution in [0.2, 0.25) is 0 Å². The number of benzene rings is 2. The summed E-state index contributed by atoms with van der Waals surface area (Å²) in [6, 6.07) is 20.0. The van der Waals surface area contributed by atoms with E-state index < -0.39 is 0 Å². The normalized spacial score (nSPS) is 22.1.